The van der Waals surface area contributed by atoms with E-state index in [1.54, 1.807) is 68.6 Å². The van der Waals surface area contributed by atoms with Gasteiger partial charge in [-0.3, -0.25) is 86.3 Å². The number of fused-ring (bicyclic) bond motifs is 2. The summed E-state index contributed by atoms with van der Waals surface area (Å²) in [6, 6.07) is -0.833. The van der Waals surface area contributed by atoms with Crippen molar-refractivity contribution in [1.82, 2.24) is 79.1 Å². The van der Waals surface area contributed by atoms with Gasteiger partial charge < -0.3 is 123 Å². The first-order chi connectivity index (χ1) is 56.8. The van der Waals surface area contributed by atoms with Crippen molar-refractivity contribution in [2.24, 2.45) is 34.6 Å². The number of hydrogen-bond donors (Lipinski definition) is 25. The SMILES string of the molecule is CC(=O)N[C@@H](CS)C(=O)N[C@@H](CCC(N)=O)C(=O)N[C@H](C(=O)N[C@@H](Cc1c[nH]c2ccccc12)C(=O)N[C@@H](CCC(N)=O)C(=O)N[C@@H](CS)C(=O)N[C@@H](Cc1ccc(O)cc1)C(=O)N[C@@H](Cc1c[nH]c2ccccc12)C(=O)N[C@@H](CCC(C)C)C(=O)N[C@@H](CCC(=O)O)C(=O)N[C@@H](CC(N)=O)C(=O)NCC(=O)N[C@H](CCCCN)C(N)=O)[C@@H](C)O. The van der Waals surface area contributed by atoms with Crippen LogP contribution < -0.4 is 97.8 Å². The van der Waals surface area contributed by atoms with E-state index in [0.29, 0.717) is 57.9 Å². The lowest BCUT2D eigenvalue weighted by atomic mass is 9.99. The Labute approximate surface area is 700 Å². The van der Waals surface area contributed by atoms with Crippen molar-refractivity contribution in [2.45, 2.75) is 203 Å². The molecule has 2 heterocycles. The van der Waals surface area contributed by atoms with Gasteiger partial charge >= 0.3 is 5.97 Å². The predicted molar refractivity (Wildman–Crippen MR) is 441 cm³/mol. The van der Waals surface area contributed by atoms with E-state index < -0.39 is 249 Å². The molecule has 120 heavy (non-hydrogen) atoms. The van der Waals surface area contributed by atoms with Crippen molar-refractivity contribution in [3.8, 4) is 5.75 Å². The fourth-order valence-electron chi connectivity index (χ4n) is 12.4. The van der Waals surface area contributed by atoms with Gasteiger partial charge in [0.05, 0.1) is 19.1 Å². The fourth-order valence-corrected chi connectivity index (χ4v) is 12.9. The number of unbranched alkanes of at least 4 members (excludes halogenated alkanes) is 1. The second-order valence-corrected chi connectivity index (χ2v) is 29.7. The number of rotatable bonds is 53. The number of thiol groups is 2. The predicted octanol–water partition coefficient (Wildman–Crippen LogP) is -5.10. The highest BCUT2D eigenvalue weighted by Gasteiger charge is 2.39. The van der Waals surface area contributed by atoms with E-state index in [1.165, 1.54) is 30.5 Å². The lowest BCUT2D eigenvalue weighted by molar-refractivity contribution is -0.139. The minimum atomic E-state index is -1.93. The minimum Gasteiger partial charge on any atom is -0.508 e. The topological polar surface area (TPSA) is 686 Å². The zero-order valence-electron chi connectivity index (χ0n) is 66.6. The summed E-state index contributed by atoms with van der Waals surface area (Å²) in [5.41, 5.74) is 29.7. The third-order valence-corrected chi connectivity index (χ3v) is 19.6. The van der Waals surface area contributed by atoms with Crippen molar-refractivity contribution in [1.29, 1.82) is 0 Å². The standard InChI is InChI=1S/C77H108N20O21S2/c1-38(2)16-21-50(68(109)88-53(24-27-64(105)106)69(110)94-57(32-62(81)103)67(108)85-35-63(104)87-49(66(82)107)15-9-10-28-78)89-73(114)55(30-42-33-83-47-13-7-5-11-45(42)47)93-72(113)54(29-41-17-19-44(100)20-18-41)92-76(117)59(37-120)96-70(111)51(22-25-60(79)101)90-74(115)56(31-43-34-84-48-14-8-6-12-46(43)48)95-77(118)65(39(3)98)97-71(112)52(23-26-61(80)102)91-75(116)58(36-119)86-40(4)99/h5-8,11-14,17-20,33-34,38-39,49-59,65,83-84,98,100,119-120H,9-10,15-16,21-32,35-37,78H2,1-4H3,(H2,79,101)(H2,80,102)(H2,81,103)(H2,82,107)(H,85,108)(H,86,99)(H,87,104)(H,88,109)(H,89,114)(H,90,115)(H,91,116)(H,92,117)(H,93,113)(H,94,110)(H,95,118)(H,96,111)(H,97,112)(H,105,106)/t39-,49-,50+,51+,52+,53+,54+,55+,56+,57+,58+,59+,65+/m1/s1. The molecular formula is C77H108N20O21S2. The number of H-pyrrole nitrogens is 2. The van der Waals surface area contributed by atoms with Crippen LogP contribution in [0.1, 0.15) is 121 Å². The number of phenols is 1. The van der Waals surface area contributed by atoms with Crippen molar-refractivity contribution in [3.05, 3.63) is 102 Å². The number of aromatic nitrogens is 2. The number of amides is 17. The molecule has 0 aliphatic carbocycles. The molecule has 0 aliphatic rings. The zero-order valence-corrected chi connectivity index (χ0v) is 68.4. The first kappa shape index (κ1) is 98.2. The van der Waals surface area contributed by atoms with E-state index in [-0.39, 0.29) is 49.5 Å². The molecule has 5 rings (SSSR count). The molecule has 0 radical (unpaired) electrons. The first-order valence-electron chi connectivity index (χ1n) is 38.5. The summed E-state index contributed by atoms with van der Waals surface area (Å²) in [6.07, 6.45) is -3.04. The molecule has 654 valence electrons. The highest BCUT2D eigenvalue weighted by molar-refractivity contribution is 7.80. The lowest BCUT2D eigenvalue weighted by Crippen LogP contribution is -2.62. The Morgan fingerprint density at radius 3 is 1.24 bits per heavy atom. The van der Waals surface area contributed by atoms with Crippen LogP contribution in [0.4, 0.5) is 0 Å². The number of aliphatic hydroxyl groups excluding tert-OH is 1. The maximum absolute atomic E-state index is 15.2. The van der Waals surface area contributed by atoms with Crippen molar-refractivity contribution < 1.29 is 102 Å². The molecule has 0 bridgehead atoms. The molecule has 0 unspecified atom stereocenters. The van der Waals surface area contributed by atoms with Gasteiger partial charge in [0.2, 0.25) is 100 Å². The second-order valence-electron chi connectivity index (χ2n) is 29.0. The summed E-state index contributed by atoms with van der Waals surface area (Å²) in [6.45, 7) is 5.31. The molecule has 0 aliphatic heterocycles. The largest absolute Gasteiger partial charge is 0.508 e. The van der Waals surface area contributed by atoms with Crippen molar-refractivity contribution in [2.75, 3.05) is 24.6 Å². The number of carboxylic acid groups (broad SMARTS) is 1. The van der Waals surface area contributed by atoms with Crippen LogP contribution in [-0.2, 0) is 106 Å². The average molecular weight is 1710 g/mol. The van der Waals surface area contributed by atoms with E-state index in [0.717, 1.165) is 13.8 Å². The molecule has 0 saturated heterocycles. The molecule has 5 aromatic rings. The summed E-state index contributed by atoms with van der Waals surface area (Å²) in [5.74, 6) is -20.1. The van der Waals surface area contributed by atoms with Gasteiger partial charge in [0.1, 0.15) is 78.3 Å². The minimum absolute atomic E-state index is 0.121. The Balaban J connectivity index is 1.47. The number of carboxylic acids is 1. The number of aliphatic carboxylic acids is 1. The Morgan fingerprint density at radius 2 is 0.817 bits per heavy atom. The number of nitrogens with two attached hydrogens (primary N) is 5. The molecule has 0 saturated carbocycles. The number of aromatic amines is 2. The van der Waals surface area contributed by atoms with Gasteiger partial charge in [-0.1, -0.05) is 62.4 Å². The van der Waals surface area contributed by atoms with Crippen LogP contribution in [0, 0.1) is 5.92 Å². The molecule has 0 fully saturated rings. The normalized spacial score (nSPS) is 14.4. The van der Waals surface area contributed by atoms with Gasteiger partial charge in [-0.2, -0.15) is 25.3 Å². The summed E-state index contributed by atoms with van der Waals surface area (Å²) in [5, 5.41) is 64.1. The van der Waals surface area contributed by atoms with Gasteiger partial charge in [0, 0.05) is 91.2 Å². The van der Waals surface area contributed by atoms with Gasteiger partial charge in [0.25, 0.3) is 0 Å². The maximum atomic E-state index is 15.2. The zero-order chi connectivity index (χ0) is 89.0. The molecule has 13 atom stereocenters. The number of para-hydroxylation sites is 2. The average Bonchev–Trinajstić information content (AvgIpc) is 1.64. The van der Waals surface area contributed by atoms with E-state index in [1.807, 2.05) is 0 Å². The van der Waals surface area contributed by atoms with Gasteiger partial charge in [-0.25, -0.2) is 0 Å². The number of nitrogens with one attached hydrogen (secondary N) is 15. The third-order valence-electron chi connectivity index (χ3n) is 18.9. The second kappa shape index (κ2) is 49.1. The molecule has 0 spiro atoms. The molecule has 2 aromatic heterocycles. The number of carbonyl (C=O) groups is 18. The molecule has 41 nitrogen and oxygen atoms in total. The van der Waals surface area contributed by atoms with Crippen LogP contribution in [-0.4, -0.2) is 235 Å². The highest BCUT2D eigenvalue weighted by Crippen LogP contribution is 2.23. The number of benzene rings is 3. The third kappa shape index (κ3) is 32.8. The Morgan fingerprint density at radius 1 is 0.417 bits per heavy atom. The molecule has 17 amide bonds. The van der Waals surface area contributed by atoms with E-state index in [4.69, 9.17) is 28.7 Å². The fraction of sp³-hybridized carbons (Fsp3) is 0.481. The van der Waals surface area contributed by atoms with E-state index in [2.05, 4.69) is 104 Å². The maximum Gasteiger partial charge on any atom is 0.303 e. The van der Waals surface area contributed by atoms with Crippen LogP contribution in [0.5, 0.6) is 5.75 Å². The van der Waals surface area contributed by atoms with Crippen LogP contribution in [0.3, 0.4) is 0 Å². The van der Waals surface area contributed by atoms with Gasteiger partial charge in [-0.05, 0) is 112 Å². The molecular weight excluding hydrogens is 1610 g/mol. The first-order valence-corrected chi connectivity index (χ1v) is 39.8. The number of aromatic hydroxyl groups is 1. The summed E-state index contributed by atoms with van der Waals surface area (Å²) in [7, 11) is 0. The monoisotopic (exact) mass is 1710 g/mol. The quantitative estimate of drug-likeness (QED) is 0.0128. The van der Waals surface area contributed by atoms with Crippen LogP contribution in [0.2, 0.25) is 0 Å². The number of primary amides is 4. The Hall–Kier alpha value is -12.4. The highest BCUT2D eigenvalue weighted by atomic mass is 32.1. The number of hydrogen-bond acceptors (Lipinski definition) is 23. The Bertz CT molecular complexity index is 4470. The molecule has 28 N–H and O–H groups in total. The smallest absolute Gasteiger partial charge is 0.303 e. The lowest BCUT2D eigenvalue weighted by Gasteiger charge is -2.29. The van der Waals surface area contributed by atoms with E-state index in [9.17, 15) is 92.0 Å². The van der Waals surface area contributed by atoms with Crippen LogP contribution >= 0.6 is 25.3 Å². The molecule has 3 aromatic carbocycles. The summed E-state index contributed by atoms with van der Waals surface area (Å²) in [4.78, 5) is 251. The molecule has 43 heteroatoms. The van der Waals surface area contributed by atoms with Crippen LogP contribution in [0.25, 0.3) is 21.8 Å². The van der Waals surface area contributed by atoms with Crippen molar-refractivity contribution >= 4 is 153 Å². The number of aliphatic hydroxyl groups is 1. The van der Waals surface area contributed by atoms with Crippen molar-refractivity contribution in [3.63, 3.8) is 0 Å². The van der Waals surface area contributed by atoms with Gasteiger partial charge in [0.15, 0.2) is 0 Å². The summed E-state index contributed by atoms with van der Waals surface area (Å²) >= 11 is 8.45. The Kier molecular flexibility index (Phi) is 40.2. The number of carbonyl (C=O) groups excluding carboxylic acids is 17. The van der Waals surface area contributed by atoms with E-state index >= 15 is 9.59 Å². The van der Waals surface area contributed by atoms with Gasteiger partial charge in [-0.15, -0.1) is 0 Å². The van der Waals surface area contributed by atoms with Crippen LogP contribution in [0.15, 0.2) is 85.2 Å². The summed E-state index contributed by atoms with van der Waals surface area (Å²) < 4.78 is 0. The number of phenolic OH excluding ortho intramolecular Hbond substituents is 1.